The molecule has 1 amide bonds. The van der Waals surface area contributed by atoms with Gasteiger partial charge in [-0.2, -0.15) is 5.10 Å². The quantitative estimate of drug-likeness (QED) is 0.586. The van der Waals surface area contributed by atoms with E-state index in [9.17, 15) is 13.6 Å². The van der Waals surface area contributed by atoms with Gasteiger partial charge in [0.05, 0.1) is 28.0 Å². The lowest BCUT2D eigenvalue weighted by molar-refractivity contribution is 0.0782. The van der Waals surface area contributed by atoms with E-state index in [1.54, 1.807) is 23.6 Å². The maximum absolute atomic E-state index is 14.5. The number of carbonyl (C=O) groups is 1. The summed E-state index contributed by atoms with van der Waals surface area (Å²) in [6.45, 7) is 7.39. The predicted octanol–water partition coefficient (Wildman–Crippen LogP) is 5.34. The minimum Gasteiger partial charge on any atom is -0.338 e. The van der Waals surface area contributed by atoms with Crippen molar-refractivity contribution in [2.24, 2.45) is 5.41 Å². The zero-order chi connectivity index (χ0) is 21.2. The van der Waals surface area contributed by atoms with Gasteiger partial charge >= 0.3 is 0 Å². The molecule has 1 saturated heterocycles. The van der Waals surface area contributed by atoms with Gasteiger partial charge in [-0.05, 0) is 61.8 Å². The van der Waals surface area contributed by atoms with Gasteiger partial charge in [0.1, 0.15) is 11.6 Å². The molecule has 1 saturated carbocycles. The third kappa shape index (κ3) is 2.84. The number of aryl methyl sites for hydroxylation is 1. The molecule has 1 aliphatic heterocycles. The molecular formula is C24H25F2N3O. The molecule has 1 aliphatic carbocycles. The van der Waals surface area contributed by atoms with Crippen LogP contribution in [-0.4, -0.2) is 33.5 Å². The van der Waals surface area contributed by atoms with Crippen LogP contribution in [0.3, 0.4) is 0 Å². The molecule has 2 fully saturated rings. The highest BCUT2D eigenvalue weighted by Gasteiger charge is 2.49. The summed E-state index contributed by atoms with van der Waals surface area (Å²) >= 11 is 0. The van der Waals surface area contributed by atoms with Crippen LogP contribution in [0.2, 0.25) is 0 Å². The van der Waals surface area contributed by atoms with Gasteiger partial charge in [-0.15, -0.1) is 0 Å². The number of fused-ring (bicyclic) bond motifs is 1. The zero-order valence-corrected chi connectivity index (χ0v) is 17.5. The number of pyridine rings is 1. The molecule has 3 aromatic rings. The number of amides is 1. The maximum Gasteiger partial charge on any atom is 0.255 e. The van der Waals surface area contributed by atoms with Crippen molar-refractivity contribution in [2.75, 3.05) is 13.1 Å². The second-order valence-electron chi connectivity index (χ2n) is 9.12. The SMILES string of the molecule is Cc1nn2c(C(C)C)c(C(=O)N3CCC4(CC4)C3)ccc2c1-c1c(F)cccc1F. The summed E-state index contributed by atoms with van der Waals surface area (Å²) in [5.41, 5.74) is 3.26. The van der Waals surface area contributed by atoms with Crippen molar-refractivity contribution in [1.29, 1.82) is 0 Å². The van der Waals surface area contributed by atoms with Gasteiger partial charge < -0.3 is 4.90 Å². The lowest BCUT2D eigenvalue weighted by Gasteiger charge is -2.20. The number of benzene rings is 1. The monoisotopic (exact) mass is 409 g/mol. The number of hydrogen-bond acceptors (Lipinski definition) is 2. The van der Waals surface area contributed by atoms with Gasteiger partial charge in [0, 0.05) is 18.7 Å². The van der Waals surface area contributed by atoms with Crippen molar-refractivity contribution in [1.82, 2.24) is 14.5 Å². The summed E-state index contributed by atoms with van der Waals surface area (Å²) < 4.78 is 30.8. The largest absolute Gasteiger partial charge is 0.338 e. The second kappa shape index (κ2) is 6.62. The van der Waals surface area contributed by atoms with Gasteiger partial charge in [0.2, 0.25) is 0 Å². The van der Waals surface area contributed by atoms with E-state index < -0.39 is 11.6 Å². The van der Waals surface area contributed by atoms with E-state index in [2.05, 4.69) is 5.10 Å². The fourth-order valence-electron chi connectivity index (χ4n) is 4.89. The average Bonchev–Trinajstić information content (AvgIpc) is 3.19. The van der Waals surface area contributed by atoms with Crippen molar-refractivity contribution in [3.8, 4) is 11.1 Å². The Kier molecular flexibility index (Phi) is 4.24. The lowest BCUT2D eigenvalue weighted by atomic mass is 9.99. The van der Waals surface area contributed by atoms with E-state index in [-0.39, 0.29) is 17.4 Å². The second-order valence-corrected chi connectivity index (χ2v) is 9.12. The lowest BCUT2D eigenvalue weighted by Crippen LogP contribution is -2.30. The third-order valence-electron chi connectivity index (χ3n) is 6.68. The zero-order valence-electron chi connectivity index (χ0n) is 17.5. The van der Waals surface area contributed by atoms with Crippen molar-refractivity contribution in [2.45, 2.75) is 46.0 Å². The molecule has 1 aromatic carbocycles. The molecular weight excluding hydrogens is 384 g/mol. The Labute approximate surface area is 174 Å². The molecule has 30 heavy (non-hydrogen) atoms. The fraction of sp³-hybridized carbons (Fsp3) is 0.417. The van der Waals surface area contributed by atoms with E-state index in [1.165, 1.54) is 31.0 Å². The molecule has 6 heteroatoms. The number of nitrogens with zero attached hydrogens (tertiary/aromatic N) is 3. The van der Waals surface area contributed by atoms with Crippen LogP contribution < -0.4 is 0 Å². The topological polar surface area (TPSA) is 37.6 Å². The first-order chi connectivity index (χ1) is 14.3. The summed E-state index contributed by atoms with van der Waals surface area (Å²) in [6.07, 6.45) is 3.50. The highest BCUT2D eigenvalue weighted by Crippen LogP contribution is 2.52. The molecule has 3 heterocycles. The van der Waals surface area contributed by atoms with Crippen LogP contribution in [0.1, 0.15) is 60.8 Å². The van der Waals surface area contributed by atoms with Crippen LogP contribution in [0.25, 0.3) is 16.6 Å². The van der Waals surface area contributed by atoms with Crippen LogP contribution in [0.15, 0.2) is 30.3 Å². The number of likely N-dealkylation sites (tertiary alicyclic amines) is 1. The molecule has 2 aromatic heterocycles. The van der Waals surface area contributed by atoms with Gasteiger partial charge in [-0.25, -0.2) is 13.3 Å². The molecule has 0 radical (unpaired) electrons. The minimum absolute atomic E-state index is 0.0164. The highest BCUT2D eigenvalue weighted by atomic mass is 19.1. The summed E-state index contributed by atoms with van der Waals surface area (Å²) in [5, 5.41) is 4.62. The number of carbonyl (C=O) groups excluding carboxylic acids is 1. The molecule has 2 aliphatic rings. The number of halogens is 2. The highest BCUT2D eigenvalue weighted by molar-refractivity contribution is 5.97. The first-order valence-electron chi connectivity index (χ1n) is 10.6. The first-order valence-corrected chi connectivity index (χ1v) is 10.6. The Balaban J connectivity index is 1.67. The van der Waals surface area contributed by atoms with Crippen LogP contribution >= 0.6 is 0 Å². The molecule has 4 nitrogen and oxygen atoms in total. The summed E-state index contributed by atoms with van der Waals surface area (Å²) in [4.78, 5) is 15.3. The fourth-order valence-corrected chi connectivity index (χ4v) is 4.89. The molecule has 0 atom stereocenters. The summed E-state index contributed by atoms with van der Waals surface area (Å²) in [6, 6.07) is 7.43. The van der Waals surface area contributed by atoms with Crippen LogP contribution in [-0.2, 0) is 0 Å². The van der Waals surface area contributed by atoms with Gasteiger partial charge in [-0.3, -0.25) is 4.79 Å². The van der Waals surface area contributed by atoms with Crippen LogP contribution in [0.4, 0.5) is 8.78 Å². The molecule has 0 unspecified atom stereocenters. The predicted molar refractivity (Wildman–Crippen MR) is 112 cm³/mol. The Hall–Kier alpha value is -2.76. The van der Waals surface area contributed by atoms with E-state index in [0.717, 1.165) is 25.2 Å². The number of aromatic nitrogens is 2. The van der Waals surface area contributed by atoms with Crippen molar-refractivity contribution in [3.05, 3.63) is 58.9 Å². The number of rotatable bonds is 3. The van der Waals surface area contributed by atoms with Crippen molar-refractivity contribution >= 4 is 11.4 Å². The molecule has 1 spiro atoms. The molecule has 156 valence electrons. The van der Waals surface area contributed by atoms with Gasteiger partial charge in [-0.1, -0.05) is 19.9 Å². The summed E-state index contributed by atoms with van der Waals surface area (Å²) in [5.74, 6) is -1.20. The van der Waals surface area contributed by atoms with Crippen LogP contribution in [0.5, 0.6) is 0 Å². The third-order valence-corrected chi connectivity index (χ3v) is 6.68. The van der Waals surface area contributed by atoms with E-state index in [4.69, 9.17) is 0 Å². The molecule has 0 bridgehead atoms. The van der Waals surface area contributed by atoms with Crippen molar-refractivity contribution in [3.63, 3.8) is 0 Å². The van der Waals surface area contributed by atoms with E-state index in [1.807, 2.05) is 18.7 Å². The van der Waals surface area contributed by atoms with E-state index in [0.29, 0.717) is 27.8 Å². The maximum atomic E-state index is 14.5. The standard InChI is InChI=1S/C24H25F2N3O/c1-14(2)22-16(23(30)28-12-11-24(13-28)9-10-24)7-8-19-20(15(3)27-29(19)22)21-17(25)5-4-6-18(21)26/h4-8,14H,9-13H2,1-3H3. The average molecular weight is 409 g/mol. The smallest absolute Gasteiger partial charge is 0.255 e. The molecule has 5 rings (SSSR count). The Morgan fingerprint density at radius 2 is 1.77 bits per heavy atom. The summed E-state index contributed by atoms with van der Waals surface area (Å²) in [7, 11) is 0. The van der Waals surface area contributed by atoms with Crippen LogP contribution in [0, 0.1) is 24.0 Å². The Morgan fingerprint density at radius 1 is 1.07 bits per heavy atom. The number of hydrogen-bond donors (Lipinski definition) is 0. The Bertz CT molecular complexity index is 1160. The first kappa shape index (κ1) is 19.2. The minimum atomic E-state index is -0.619. The van der Waals surface area contributed by atoms with Gasteiger partial charge in [0.25, 0.3) is 5.91 Å². The van der Waals surface area contributed by atoms with Crippen molar-refractivity contribution < 1.29 is 13.6 Å². The van der Waals surface area contributed by atoms with Gasteiger partial charge in [0.15, 0.2) is 0 Å². The molecule has 0 N–H and O–H groups in total. The normalized spacial score (nSPS) is 17.5. The van der Waals surface area contributed by atoms with E-state index >= 15 is 0 Å². The Morgan fingerprint density at radius 3 is 2.37 bits per heavy atom.